The average Bonchev–Trinajstić information content (AvgIpc) is 1.98. The Labute approximate surface area is 79.2 Å². The van der Waals surface area contributed by atoms with Crippen LogP contribution >= 0.6 is 24.8 Å². The molecule has 1 N–H and O–H groups in total. The van der Waals surface area contributed by atoms with Gasteiger partial charge in [-0.05, 0) is 12.1 Å². The minimum absolute atomic E-state index is 0.00463. The molecule has 0 fully saturated rings. The van der Waals surface area contributed by atoms with Crippen molar-refractivity contribution >= 4 is 34.9 Å². The van der Waals surface area contributed by atoms with Crippen molar-refractivity contribution in [1.82, 2.24) is 0 Å². The fraction of sp³-hybridized carbons (Fsp3) is 0. The molecule has 5 heteroatoms. The molecule has 0 aliphatic heterocycles. The van der Waals surface area contributed by atoms with Gasteiger partial charge in [-0.1, -0.05) is 18.3 Å². The Hall–Kier alpha value is -0.680. The maximum absolute atomic E-state index is 12.8. The summed E-state index contributed by atoms with van der Waals surface area (Å²) in [5, 5.41) is 2.39. The van der Waals surface area contributed by atoms with E-state index in [0.29, 0.717) is 0 Å². The highest BCUT2D eigenvalue weighted by Crippen LogP contribution is 2.16. The number of hydrogen-bond acceptors (Lipinski definition) is 1. The van der Waals surface area contributed by atoms with Gasteiger partial charge in [0.25, 0.3) is 0 Å². The third-order valence-corrected chi connectivity index (χ3v) is 1.41. The molecule has 0 radical (unpaired) electrons. The Morgan fingerprint density at radius 2 is 2.08 bits per heavy atom. The number of anilines is 1. The molecule has 1 nitrogen and oxygen atoms in total. The van der Waals surface area contributed by atoms with Crippen molar-refractivity contribution in [2.75, 3.05) is 5.32 Å². The summed E-state index contributed by atoms with van der Waals surface area (Å²) < 4.78 is 25.5. The van der Waals surface area contributed by atoms with Crippen molar-refractivity contribution in [2.45, 2.75) is 0 Å². The van der Waals surface area contributed by atoms with Crippen LogP contribution in [0.5, 0.6) is 0 Å². The number of thiol groups is 1. The molecule has 0 bridgehead atoms. The van der Waals surface area contributed by atoms with Crippen LogP contribution in [0.1, 0.15) is 0 Å². The van der Waals surface area contributed by atoms with Crippen LogP contribution in [0, 0.1) is 11.6 Å². The largest absolute Gasteiger partial charge is 0.339 e. The van der Waals surface area contributed by atoms with Gasteiger partial charge in [-0.25, -0.2) is 8.78 Å². The van der Waals surface area contributed by atoms with Crippen LogP contribution in [0.25, 0.3) is 0 Å². The van der Waals surface area contributed by atoms with Crippen LogP contribution in [-0.2, 0) is 0 Å². The van der Waals surface area contributed by atoms with Gasteiger partial charge in [0.05, 0.1) is 5.69 Å². The quantitative estimate of drug-likeness (QED) is 0.540. The number of hydrogen-bond donors (Lipinski definition) is 2. The lowest BCUT2D eigenvalue weighted by Gasteiger charge is -2.03. The van der Waals surface area contributed by atoms with Gasteiger partial charge in [-0.15, -0.1) is 12.6 Å². The van der Waals surface area contributed by atoms with Crippen molar-refractivity contribution in [2.24, 2.45) is 0 Å². The second-order valence-electron chi connectivity index (χ2n) is 2.03. The number of benzene rings is 1. The van der Waals surface area contributed by atoms with Gasteiger partial charge in [0, 0.05) is 0 Å². The predicted molar refractivity (Wildman–Crippen MR) is 51.6 cm³/mol. The second kappa shape index (κ2) is 3.82. The Kier molecular flexibility index (Phi) is 2.99. The summed E-state index contributed by atoms with van der Waals surface area (Å²) in [4.78, 5) is 0. The standard InChI is InChI=1S/C7H5F2NS2/c8-4-2-1-3-5(6(4)9)10-7(11)12/h1-3H,(H2,10,11,12). The van der Waals surface area contributed by atoms with Gasteiger partial charge < -0.3 is 5.32 Å². The van der Waals surface area contributed by atoms with Crippen LogP contribution in [0.2, 0.25) is 0 Å². The molecule has 1 aromatic rings. The lowest BCUT2D eigenvalue weighted by molar-refractivity contribution is 0.512. The first kappa shape index (κ1) is 9.41. The number of rotatable bonds is 1. The fourth-order valence-corrected chi connectivity index (χ4v) is 0.946. The van der Waals surface area contributed by atoms with E-state index in [-0.39, 0.29) is 10.0 Å². The summed E-state index contributed by atoms with van der Waals surface area (Å²) in [6.45, 7) is 0. The topological polar surface area (TPSA) is 12.0 Å². The fourth-order valence-electron chi connectivity index (χ4n) is 0.716. The van der Waals surface area contributed by atoms with E-state index in [9.17, 15) is 8.78 Å². The number of halogens is 2. The predicted octanol–water partition coefficient (Wildman–Crippen LogP) is 2.59. The molecule has 64 valence electrons. The zero-order valence-electron chi connectivity index (χ0n) is 5.84. The first-order chi connectivity index (χ1) is 5.61. The van der Waals surface area contributed by atoms with E-state index in [2.05, 4.69) is 30.2 Å². The SMILES string of the molecule is Fc1cccc(NC(=S)S)c1F. The maximum atomic E-state index is 12.8. The Bertz CT molecular complexity index is 314. The van der Waals surface area contributed by atoms with Gasteiger partial charge in [-0.3, -0.25) is 0 Å². The molecular weight excluding hydrogens is 200 g/mol. The average molecular weight is 205 g/mol. The molecule has 12 heavy (non-hydrogen) atoms. The van der Waals surface area contributed by atoms with Gasteiger partial charge in [0.15, 0.2) is 11.6 Å². The minimum Gasteiger partial charge on any atom is -0.339 e. The van der Waals surface area contributed by atoms with Crippen LogP contribution in [0.15, 0.2) is 18.2 Å². The molecule has 0 aliphatic carbocycles. The Balaban J connectivity index is 3.00. The maximum Gasteiger partial charge on any atom is 0.182 e. The lowest BCUT2D eigenvalue weighted by Crippen LogP contribution is -2.03. The summed E-state index contributed by atoms with van der Waals surface area (Å²) in [6.07, 6.45) is 0. The first-order valence-corrected chi connectivity index (χ1v) is 3.91. The molecule has 1 rings (SSSR count). The smallest absolute Gasteiger partial charge is 0.182 e. The minimum atomic E-state index is -0.950. The number of thiocarbonyl (C=S) groups is 1. The number of nitrogens with one attached hydrogen (secondary N) is 1. The molecule has 1 aromatic carbocycles. The Morgan fingerprint density at radius 1 is 1.42 bits per heavy atom. The first-order valence-electron chi connectivity index (χ1n) is 3.05. The molecule has 0 spiro atoms. The van der Waals surface area contributed by atoms with Crippen molar-refractivity contribution in [1.29, 1.82) is 0 Å². The third-order valence-electron chi connectivity index (χ3n) is 1.19. The van der Waals surface area contributed by atoms with E-state index in [4.69, 9.17) is 0 Å². The summed E-state index contributed by atoms with van der Waals surface area (Å²) in [6, 6.07) is 3.79. The molecule has 0 unspecified atom stereocenters. The second-order valence-corrected chi connectivity index (χ2v) is 3.19. The summed E-state index contributed by atoms with van der Waals surface area (Å²) in [5.74, 6) is -1.86. The molecule has 0 heterocycles. The van der Waals surface area contributed by atoms with Gasteiger partial charge in [0.2, 0.25) is 0 Å². The van der Waals surface area contributed by atoms with Crippen molar-refractivity contribution in [3.63, 3.8) is 0 Å². The van der Waals surface area contributed by atoms with Crippen LogP contribution < -0.4 is 5.32 Å². The monoisotopic (exact) mass is 205 g/mol. The van der Waals surface area contributed by atoms with E-state index in [0.717, 1.165) is 6.07 Å². The zero-order valence-corrected chi connectivity index (χ0v) is 7.55. The normalized spacial score (nSPS) is 9.58. The van der Waals surface area contributed by atoms with Crippen molar-refractivity contribution < 1.29 is 8.78 Å². The molecule has 0 saturated carbocycles. The molecule has 0 saturated heterocycles. The van der Waals surface area contributed by atoms with Gasteiger partial charge >= 0.3 is 0 Å². The summed E-state index contributed by atoms with van der Waals surface area (Å²) >= 11 is 8.27. The van der Waals surface area contributed by atoms with Crippen molar-refractivity contribution in [3.05, 3.63) is 29.8 Å². The third kappa shape index (κ3) is 2.15. The summed E-state index contributed by atoms with van der Waals surface area (Å²) in [7, 11) is 0. The van der Waals surface area contributed by atoms with E-state index < -0.39 is 11.6 Å². The van der Waals surface area contributed by atoms with Crippen LogP contribution in [0.3, 0.4) is 0 Å². The molecule has 0 atom stereocenters. The van der Waals surface area contributed by atoms with Crippen molar-refractivity contribution in [3.8, 4) is 0 Å². The van der Waals surface area contributed by atoms with Crippen LogP contribution in [0.4, 0.5) is 14.5 Å². The van der Waals surface area contributed by atoms with Gasteiger partial charge in [-0.2, -0.15) is 0 Å². The highest BCUT2D eigenvalue weighted by atomic mass is 32.1. The molecule has 0 amide bonds. The zero-order chi connectivity index (χ0) is 9.14. The van der Waals surface area contributed by atoms with E-state index >= 15 is 0 Å². The Morgan fingerprint density at radius 3 is 2.67 bits per heavy atom. The van der Waals surface area contributed by atoms with E-state index in [1.54, 1.807) is 0 Å². The highest BCUT2D eigenvalue weighted by Gasteiger charge is 2.06. The molecule has 0 aliphatic rings. The highest BCUT2D eigenvalue weighted by molar-refractivity contribution is 8.11. The summed E-state index contributed by atoms with van der Waals surface area (Å²) in [5.41, 5.74) is -0.00463. The van der Waals surface area contributed by atoms with Crippen LogP contribution in [-0.4, -0.2) is 4.32 Å². The van der Waals surface area contributed by atoms with Gasteiger partial charge in [0.1, 0.15) is 4.32 Å². The molecule has 0 aromatic heterocycles. The van der Waals surface area contributed by atoms with E-state index in [1.165, 1.54) is 12.1 Å². The lowest BCUT2D eigenvalue weighted by atomic mass is 10.3. The van der Waals surface area contributed by atoms with E-state index in [1.807, 2.05) is 0 Å². The molecular formula is C7H5F2NS2.